The molecule has 0 N–H and O–H groups in total. The Balaban J connectivity index is 4.30. The van der Waals surface area contributed by atoms with Crippen molar-refractivity contribution in [2.75, 3.05) is 14.2 Å². The van der Waals surface area contributed by atoms with Gasteiger partial charge >= 0.3 is 5.97 Å². The molecule has 0 aliphatic heterocycles. The first-order chi connectivity index (χ1) is 6.63. The highest BCUT2D eigenvalue weighted by atomic mass is 35.5. The largest absolute Gasteiger partial charge is 0.481 e. The summed E-state index contributed by atoms with van der Waals surface area (Å²) in [6.45, 7) is 3.28. The van der Waals surface area contributed by atoms with Crippen LogP contribution in [0.1, 0.15) is 6.42 Å². The maximum Gasteiger partial charge on any atom is 0.310 e. The van der Waals surface area contributed by atoms with Gasteiger partial charge in [-0.05, 0) is 12.8 Å². The minimum Gasteiger partial charge on any atom is -0.481 e. The Hall–Kier alpha value is -1.29. The molecule has 0 bridgehead atoms. The summed E-state index contributed by atoms with van der Waals surface area (Å²) in [6, 6.07) is 0. The topological polar surface area (TPSA) is 47.9 Å². The van der Waals surface area contributed by atoms with Gasteiger partial charge in [0.25, 0.3) is 0 Å². The molecule has 14 heavy (non-hydrogen) atoms. The van der Waals surface area contributed by atoms with Gasteiger partial charge in [0.15, 0.2) is 0 Å². The monoisotopic (exact) mass is 217 g/mol. The molecule has 0 aromatic rings. The summed E-state index contributed by atoms with van der Waals surface area (Å²) in [6.07, 6.45) is 3.05. The first kappa shape index (κ1) is 12.7. The Kier molecular flexibility index (Phi) is 6.49. The highest BCUT2D eigenvalue weighted by Gasteiger charge is 2.01. The van der Waals surface area contributed by atoms with Crippen LogP contribution in [0, 0.1) is 0 Å². The second-order valence-corrected chi connectivity index (χ2v) is 2.72. The highest BCUT2D eigenvalue weighted by molar-refractivity contribution is 6.30. The van der Waals surface area contributed by atoms with Crippen LogP contribution in [0.2, 0.25) is 0 Å². The predicted molar refractivity (Wildman–Crippen MR) is 55.2 cm³/mol. The number of rotatable bonds is 5. The zero-order valence-corrected chi connectivity index (χ0v) is 8.87. The summed E-state index contributed by atoms with van der Waals surface area (Å²) in [4.78, 5) is 14.3. The van der Waals surface area contributed by atoms with E-state index in [4.69, 9.17) is 16.3 Å². The van der Waals surface area contributed by atoms with Crippen molar-refractivity contribution in [1.82, 2.24) is 0 Å². The van der Waals surface area contributed by atoms with Gasteiger partial charge < -0.3 is 9.47 Å². The van der Waals surface area contributed by atoms with E-state index in [9.17, 15) is 4.79 Å². The molecule has 0 saturated heterocycles. The minimum absolute atomic E-state index is 0.0304. The summed E-state index contributed by atoms with van der Waals surface area (Å²) < 4.78 is 9.22. The molecule has 0 saturated carbocycles. The normalized spacial score (nSPS) is 12.2. The number of ether oxygens (including phenoxy) is 2. The fourth-order valence-corrected chi connectivity index (χ4v) is 0.788. The molecule has 0 aromatic carbocycles. The summed E-state index contributed by atoms with van der Waals surface area (Å²) in [7, 11) is 2.76. The van der Waals surface area contributed by atoms with Crippen LogP contribution < -0.4 is 0 Å². The maximum absolute atomic E-state index is 10.8. The highest BCUT2D eigenvalue weighted by Crippen LogP contribution is 2.09. The maximum atomic E-state index is 10.8. The number of halogens is 1. The number of hydrogen-bond donors (Lipinski definition) is 0. The molecule has 0 rings (SSSR count). The Bertz CT molecular complexity index is 271. The average molecular weight is 218 g/mol. The van der Waals surface area contributed by atoms with Crippen LogP contribution >= 0.6 is 11.6 Å². The number of allylic oxidation sites excluding steroid dienone is 2. The number of hydrogen-bond acceptors (Lipinski definition) is 4. The van der Waals surface area contributed by atoms with Gasteiger partial charge in [-0.1, -0.05) is 11.6 Å². The van der Waals surface area contributed by atoms with Crippen LogP contribution in [-0.4, -0.2) is 26.9 Å². The lowest BCUT2D eigenvalue weighted by atomic mass is 10.3. The number of methoxy groups -OCH3 is 2. The van der Waals surface area contributed by atoms with E-state index < -0.39 is 5.97 Å². The van der Waals surface area contributed by atoms with Gasteiger partial charge in [-0.2, -0.15) is 0 Å². The van der Waals surface area contributed by atoms with Crippen LogP contribution in [0.4, 0.5) is 0 Å². The molecule has 4 nitrogen and oxygen atoms in total. The number of carbonyl (C=O) groups excluding carboxylic acids is 1. The smallest absolute Gasteiger partial charge is 0.310 e. The first-order valence-corrected chi connectivity index (χ1v) is 4.15. The second-order valence-electron chi connectivity index (χ2n) is 2.23. The van der Waals surface area contributed by atoms with Gasteiger partial charge in [0.05, 0.1) is 20.6 Å². The molecule has 0 fully saturated rings. The summed E-state index contributed by atoms with van der Waals surface area (Å²) in [5, 5.41) is 0.343. The molecule has 0 aliphatic carbocycles. The average Bonchev–Trinajstić information content (AvgIpc) is 2.19. The number of aliphatic imine (C=N–C) groups is 1. The third-order valence-corrected chi connectivity index (χ3v) is 1.57. The third-order valence-electron chi connectivity index (χ3n) is 1.31. The first-order valence-electron chi connectivity index (χ1n) is 3.78. The predicted octanol–water partition coefficient (Wildman–Crippen LogP) is 1.86. The van der Waals surface area contributed by atoms with Gasteiger partial charge in [0, 0.05) is 11.1 Å². The van der Waals surface area contributed by atoms with Crippen molar-refractivity contribution < 1.29 is 14.3 Å². The minimum atomic E-state index is -0.398. The molecular formula is C9H12ClNO3. The fourth-order valence-electron chi connectivity index (χ4n) is 0.616. The summed E-state index contributed by atoms with van der Waals surface area (Å²) in [5.41, 5.74) is 0. The van der Waals surface area contributed by atoms with Crippen molar-refractivity contribution in [3.05, 3.63) is 23.1 Å². The Morgan fingerprint density at radius 3 is 2.50 bits per heavy atom. The van der Waals surface area contributed by atoms with E-state index in [-0.39, 0.29) is 6.42 Å². The van der Waals surface area contributed by atoms with Gasteiger partial charge in [-0.15, -0.1) is 0 Å². The molecule has 0 aliphatic rings. The molecule has 0 heterocycles. The number of carbonyl (C=O) groups is 1. The van der Waals surface area contributed by atoms with E-state index in [1.807, 2.05) is 0 Å². The van der Waals surface area contributed by atoms with Crippen LogP contribution in [0.3, 0.4) is 0 Å². The molecule has 0 radical (unpaired) electrons. The number of nitrogens with zero attached hydrogens (tertiary/aromatic N) is 1. The summed E-state index contributed by atoms with van der Waals surface area (Å²) in [5.74, 6) is -0.0711. The zero-order chi connectivity index (χ0) is 11.0. The molecule has 5 heteroatoms. The Morgan fingerprint density at radius 2 is 2.07 bits per heavy atom. The standard InChI is InChI=1S/C9H12ClNO3/c1-11-8(13-2)5-4-7(10)6-9(12)14-3/h4-5H,1,6H2,2-3H3/b7-4+,8-5+. The van der Waals surface area contributed by atoms with Crippen LogP contribution in [0.25, 0.3) is 0 Å². The SMILES string of the molecule is C=N/C(=C\C=C(\Cl)CC(=O)OC)OC. The van der Waals surface area contributed by atoms with E-state index in [1.165, 1.54) is 26.4 Å². The molecule has 78 valence electrons. The number of esters is 1. The Labute approximate surface area is 87.9 Å². The van der Waals surface area contributed by atoms with Crippen LogP contribution in [0.15, 0.2) is 28.1 Å². The zero-order valence-electron chi connectivity index (χ0n) is 8.12. The molecule has 0 atom stereocenters. The van der Waals surface area contributed by atoms with Crippen molar-refractivity contribution >= 4 is 24.3 Å². The van der Waals surface area contributed by atoms with Crippen molar-refractivity contribution in [3.8, 4) is 0 Å². The van der Waals surface area contributed by atoms with Crippen LogP contribution in [0.5, 0.6) is 0 Å². The van der Waals surface area contributed by atoms with E-state index in [1.54, 1.807) is 0 Å². The van der Waals surface area contributed by atoms with Crippen molar-refractivity contribution in [1.29, 1.82) is 0 Å². The summed E-state index contributed by atoms with van der Waals surface area (Å²) >= 11 is 5.71. The van der Waals surface area contributed by atoms with Gasteiger partial charge in [0.2, 0.25) is 5.88 Å². The Morgan fingerprint density at radius 1 is 1.43 bits per heavy atom. The molecule has 0 amide bonds. The lowest BCUT2D eigenvalue weighted by molar-refractivity contribution is -0.139. The molecule has 0 spiro atoms. The quantitative estimate of drug-likeness (QED) is 0.306. The molecule has 0 unspecified atom stereocenters. The molecular weight excluding hydrogens is 206 g/mol. The van der Waals surface area contributed by atoms with Gasteiger partial charge in [0.1, 0.15) is 0 Å². The van der Waals surface area contributed by atoms with Gasteiger partial charge in [-0.25, -0.2) is 4.99 Å². The van der Waals surface area contributed by atoms with Gasteiger partial charge in [-0.3, -0.25) is 4.79 Å². The fraction of sp³-hybridized carbons (Fsp3) is 0.333. The molecule has 0 aromatic heterocycles. The third kappa shape index (κ3) is 5.37. The van der Waals surface area contributed by atoms with Crippen molar-refractivity contribution in [2.24, 2.45) is 4.99 Å². The van der Waals surface area contributed by atoms with E-state index >= 15 is 0 Å². The van der Waals surface area contributed by atoms with Crippen LogP contribution in [-0.2, 0) is 14.3 Å². The van der Waals surface area contributed by atoms with E-state index in [0.717, 1.165) is 0 Å². The lowest BCUT2D eigenvalue weighted by Crippen LogP contribution is -1.98. The van der Waals surface area contributed by atoms with E-state index in [2.05, 4.69) is 16.4 Å². The van der Waals surface area contributed by atoms with E-state index in [0.29, 0.717) is 10.9 Å². The van der Waals surface area contributed by atoms with Crippen molar-refractivity contribution in [2.45, 2.75) is 6.42 Å². The second kappa shape index (κ2) is 7.15. The van der Waals surface area contributed by atoms with Crippen molar-refractivity contribution in [3.63, 3.8) is 0 Å². The lowest BCUT2D eigenvalue weighted by Gasteiger charge is -1.97.